The standard InChI is InChI=1S/C56H83N7O13/c1-14-34(8)46-44(64)30-45(65)76-49(33(6)7)48(66)35(9)50(67)58-40(27-31(2)3)53(70)63-26-18-21-41(63)54(71)61(11)43(29-37-22-24-39(74-13)25-23-37)55(72)75-36(10)47(52(69)59-46)60-51(68)42(28-32(4)5)62(12)56(73)57-38-19-16-15-17-20-38/h15-17,19-20,22-25,31-36,40-44,46-47,49,64H,14,18,21,26-30H2,1-13H3,(H,57,73)(H,58,67)(H,59,69)(H,60,68)/t34-,35-,36-,40+,41-,42+,43-,44+,46+,47-,49+/m0/s1. The molecule has 0 aromatic heterocycles. The number of hydrogen-bond acceptors (Lipinski definition) is 13. The molecule has 2 heterocycles. The molecule has 420 valence electrons. The molecule has 2 saturated heterocycles. The lowest BCUT2D eigenvalue weighted by Gasteiger charge is -2.36. The van der Waals surface area contributed by atoms with Crippen molar-refractivity contribution in [3.63, 3.8) is 0 Å². The fourth-order valence-corrected chi connectivity index (χ4v) is 9.48. The number of nitrogens with one attached hydrogen (secondary N) is 4. The third-order valence-corrected chi connectivity index (χ3v) is 14.3. The highest BCUT2D eigenvalue weighted by molar-refractivity contribution is 6.05. The summed E-state index contributed by atoms with van der Waals surface area (Å²) in [5, 5.41) is 22.9. The molecule has 0 saturated carbocycles. The number of cyclic esters (lactones) is 2. The van der Waals surface area contributed by atoms with Crippen LogP contribution in [0, 0.1) is 29.6 Å². The van der Waals surface area contributed by atoms with E-state index in [4.69, 9.17) is 14.2 Å². The van der Waals surface area contributed by atoms with E-state index in [1.54, 1.807) is 82.3 Å². The third-order valence-electron chi connectivity index (χ3n) is 14.3. The van der Waals surface area contributed by atoms with Gasteiger partial charge in [0.15, 0.2) is 11.9 Å². The number of carbonyl (C=O) groups excluding carboxylic acids is 9. The van der Waals surface area contributed by atoms with Gasteiger partial charge in [0.1, 0.15) is 42.1 Å². The van der Waals surface area contributed by atoms with E-state index in [0.29, 0.717) is 29.8 Å². The number of carbonyl (C=O) groups is 9. The molecule has 2 aromatic carbocycles. The molecule has 0 aliphatic carbocycles. The molecule has 2 aromatic rings. The molecule has 2 aliphatic rings. The smallest absolute Gasteiger partial charge is 0.329 e. The van der Waals surface area contributed by atoms with Crippen molar-refractivity contribution in [2.75, 3.05) is 33.1 Å². The second-order valence-corrected chi connectivity index (χ2v) is 21.5. The minimum Gasteiger partial charge on any atom is -0.497 e. The van der Waals surface area contributed by atoms with Crippen LogP contribution in [0.15, 0.2) is 54.6 Å². The first-order valence-electron chi connectivity index (χ1n) is 26.6. The SMILES string of the molecule is CC[C@H](C)[C@H]1NC(=O)[C@@H](NC(=O)[C@@H](CC(C)C)N(C)C(=O)Nc2ccccc2)[C@H](C)OC(=O)[C@H](Cc2ccc(OC)cc2)N(C)C(=O)[C@@H]2CCCN2C(=O)[C@@H](CC(C)C)NC(=O)[C@@H](C)C(=O)[C@@H](C(C)C)OC(=O)C[C@H]1O. The zero-order valence-electron chi connectivity index (χ0n) is 46.6. The highest BCUT2D eigenvalue weighted by Gasteiger charge is 2.45. The van der Waals surface area contributed by atoms with Crippen LogP contribution in [0.5, 0.6) is 5.75 Å². The topological polar surface area (TPSA) is 259 Å². The van der Waals surface area contributed by atoms with Crippen LogP contribution in [-0.2, 0) is 54.3 Å². The Balaban J connectivity index is 1.88. The quantitative estimate of drug-likeness (QED) is 0.128. The first-order chi connectivity index (χ1) is 35.8. The average molecular weight is 1060 g/mol. The Hall–Kier alpha value is -6.57. The molecule has 20 heteroatoms. The van der Waals surface area contributed by atoms with Gasteiger partial charge in [0.2, 0.25) is 29.5 Å². The van der Waals surface area contributed by atoms with E-state index in [2.05, 4.69) is 21.3 Å². The molecule has 20 nitrogen and oxygen atoms in total. The number of benzene rings is 2. The maximum atomic E-state index is 14.9. The largest absolute Gasteiger partial charge is 0.497 e. The maximum absolute atomic E-state index is 14.9. The number of nitrogens with zero attached hydrogens (tertiary/aromatic N) is 3. The number of rotatable bonds is 14. The number of hydrogen-bond donors (Lipinski definition) is 5. The molecular weight excluding hydrogens is 979 g/mol. The average Bonchev–Trinajstić information content (AvgIpc) is 3.87. The van der Waals surface area contributed by atoms with Crippen LogP contribution in [0.25, 0.3) is 0 Å². The van der Waals surface area contributed by atoms with Crippen LogP contribution < -0.4 is 26.0 Å². The summed E-state index contributed by atoms with van der Waals surface area (Å²) in [6, 6.07) is 7.12. The maximum Gasteiger partial charge on any atom is 0.329 e. The molecule has 0 unspecified atom stereocenters. The summed E-state index contributed by atoms with van der Waals surface area (Å²) in [4.78, 5) is 133. The lowest BCUT2D eigenvalue weighted by molar-refractivity contribution is -0.163. The number of amides is 7. The van der Waals surface area contributed by atoms with E-state index in [1.165, 1.54) is 49.8 Å². The van der Waals surface area contributed by atoms with Crippen LogP contribution >= 0.6 is 0 Å². The number of methoxy groups -OCH3 is 1. The minimum absolute atomic E-state index is 0.104. The van der Waals surface area contributed by atoms with E-state index in [9.17, 15) is 48.3 Å². The van der Waals surface area contributed by atoms with Crippen molar-refractivity contribution in [2.45, 2.75) is 169 Å². The van der Waals surface area contributed by atoms with Gasteiger partial charge >= 0.3 is 18.0 Å². The predicted octanol–water partition coefficient (Wildman–Crippen LogP) is 4.65. The monoisotopic (exact) mass is 1060 g/mol. The molecule has 7 amide bonds. The van der Waals surface area contributed by atoms with Gasteiger partial charge in [-0.15, -0.1) is 0 Å². The molecule has 5 N–H and O–H groups in total. The fraction of sp³-hybridized carbons (Fsp3) is 0.625. The first-order valence-corrected chi connectivity index (χ1v) is 26.6. The van der Waals surface area contributed by atoms with Crippen LogP contribution in [-0.4, -0.2) is 155 Å². The Morgan fingerprint density at radius 1 is 0.868 bits per heavy atom. The summed E-state index contributed by atoms with van der Waals surface area (Å²) < 4.78 is 17.2. The molecule has 76 heavy (non-hydrogen) atoms. The molecule has 2 aliphatic heterocycles. The Kier molecular flexibility index (Phi) is 23.3. The van der Waals surface area contributed by atoms with Gasteiger partial charge in [-0.25, -0.2) is 9.59 Å². The normalized spacial score (nSPS) is 25.8. The summed E-state index contributed by atoms with van der Waals surface area (Å²) in [5.74, 6) is -8.66. The number of urea groups is 1. The number of likely N-dealkylation sites (N-methyl/N-ethyl adjacent to an activating group) is 2. The van der Waals surface area contributed by atoms with Gasteiger partial charge in [0.05, 0.1) is 31.6 Å². The van der Waals surface area contributed by atoms with Crippen molar-refractivity contribution in [1.29, 1.82) is 0 Å². The summed E-state index contributed by atoms with van der Waals surface area (Å²) >= 11 is 0. The van der Waals surface area contributed by atoms with E-state index in [0.717, 1.165) is 0 Å². The van der Waals surface area contributed by atoms with E-state index in [-0.39, 0.29) is 44.1 Å². The van der Waals surface area contributed by atoms with Crippen molar-refractivity contribution in [2.24, 2.45) is 29.6 Å². The molecule has 0 bridgehead atoms. The molecule has 0 spiro atoms. The third kappa shape index (κ3) is 16.7. The number of aliphatic hydroxyl groups is 1. The molecule has 0 radical (unpaired) electrons. The van der Waals surface area contributed by atoms with Gasteiger partial charge in [-0.1, -0.05) is 92.1 Å². The number of fused-ring (bicyclic) bond motifs is 1. The van der Waals surface area contributed by atoms with Crippen molar-refractivity contribution in [1.82, 2.24) is 30.7 Å². The van der Waals surface area contributed by atoms with Gasteiger partial charge in [-0.05, 0) is 93.0 Å². The number of Topliss-reactive ketones (excluding diaryl/α,β-unsaturated/α-hetero) is 1. The second kappa shape index (κ2) is 28.5. The number of para-hydroxylation sites is 1. The Labute approximate surface area is 448 Å². The predicted molar refractivity (Wildman–Crippen MR) is 284 cm³/mol. The minimum atomic E-state index is -1.71. The van der Waals surface area contributed by atoms with E-state index < -0.39 is 132 Å². The van der Waals surface area contributed by atoms with Gasteiger partial charge in [0.25, 0.3) is 0 Å². The first kappa shape index (κ1) is 62.0. The molecular formula is C56H83N7O13. The zero-order valence-corrected chi connectivity index (χ0v) is 46.6. The van der Waals surface area contributed by atoms with Gasteiger partial charge in [-0.3, -0.25) is 33.6 Å². The number of ketones is 1. The Morgan fingerprint density at radius 3 is 2.09 bits per heavy atom. The molecule has 4 rings (SSSR count). The zero-order chi connectivity index (χ0) is 56.7. The number of aliphatic hydroxyl groups excluding tert-OH is 1. The van der Waals surface area contributed by atoms with Crippen molar-refractivity contribution < 1.29 is 62.5 Å². The number of ether oxygens (including phenoxy) is 3. The van der Waals surface area contributed by atoms with Gasteiger partial charge in [-0.2, -0.15) is 0 Å². The van der Waals surface area contributed by atoms with Crippen LogP contribution in [0.1, 0.15) is 113 Å². The van der Waals surface area contributed by atoms with Gasteiger partial charge in [0, 0.05) is 32.7 Å². The van der Waals surface area contributed by atoms with E-state index in [1.807, 2.05) is 27.7 Å². The molecule has 11 atom stereocenters. The van der Waals surface area contributed by atoms with Crippen LogP contribution in [0.4, 0.5) is 10.5 Å². The molecule has 2 fully saturated rings. The lowest BCUT2D eigenvalue weighted by atomic mass is 9.91. The second-order valence-electron chi connectivity index (χ2n) is 21.5. The lowest BCUT2D eigenvalue weighted by Crippen LogP contribution is -2.61. The van der Waals surface area contributed by atoms with E-state index >= 15 is 0 Å². The van der Waals surface area contributed by atoms with Gasteiger partial charge < -0.3 is 55.3 Å². The number of anilines is 1. The number of esters is 2. The Bertz CT molecular complexity index is 2330. The summed E-state index contributed by atoms with van der Waals surface area (Å²) in [6.45, 7) is 17.1. The van der Waals surface area contributed by atoms with Crippen molar-refractivity contribution >= 4 is 59.0 Å². The highest BCUT2D eigenvalue weighted by Crippen LogP contribution is 2.26. The Morgan fingerprint density at radius 2 is 1.51 bits per heavy atom. The summed E-state index contributed by atoms with van der Waals surface area (Å²) in [5.41, 5.74) is 1.07. The van der Waals surface area contributed by atoms with Crippen LogP contribution in [0.3, 0.4) is 0 Å². The summed E-state index contributed by atoms with van der Waals surface area (Å²) in [7, 11) is 4.35. The highest BCUT2D eigenvalue weighted by atomic mass is 16.6. The van der Waals surface area contributed by atoms with Crippen LogP contribution in [0.2, 0.25) is 0 Å². The van der Waals surface area contributed by atoms with Crippen molar-refractivity contribution in [3.05, 3.63) is 60.2 Å². The van der Waals surface area contributed by atoms with Crippen molar-refractivity contribution in [3.8, 4) is 5.75 Å². The fourth-order valence-electron chi connectivity index (χ4n) is 9.48. The summed E-state index contributed by atoms with van der Waals surface area (Å²) in [6.07, 6.45) is -4.06.